The Balaban J connectivity index is 1.43. The van der Waals surface area contributed by atoms with Gasteiger partial charge < -0.3 is 24.6 Å². The lowest BCUT2D eigenvalue weighted by molar-refractivity contribution is 0.00447. The van der Waals surface area contributed by atoms with E-state index in [-0.39, 0.29) is 6.61 Å². The fraction of sp³-hybridized carbons (Fsp3) is 0.458. The summed E-state index contributed by atoms with van der Waals surface area (Å²) in [5.74, 6) is 1.73. The van der Waals surface area contributed by atoms with Crippen LogP contribution in [0.25, 0.3) is 10.9 Å². The summed E-state index contributed by atoms with van der Waals surface area (Å²) < 4.78 is 18.9. The molecule has 1 atom stereocenters. The molecule has 35 heavy (non-hydrogen) atoms. The molecule has 1 saturated heterocycles. The topological polar surface area (TPSA) is 114 Å². The molecule has 11 nitrogen and oxygen atoms in total. The van der Waals surface area contributed by atoms with Crippen molar-refractivity contribution in [1.29, 1.82) is 0 Å². The summed E-state index contributed by atoms with van der Waals surface area (Å²) in [7, 11) is 1.55. The second kappa shape index (κ2) is 10.5. The maximum absolute atomic E-state index is 12.8. The summed E-state index contributed by atoms with van der Waals surface area (Å²) in [6, 6.07) is 3.33. The van der Waals surface area contributed by atoms with Crippen LogP contribution in [0.1, 0.15) is 0 Å². The summed E-state index contributed by atoms with van der Waals surface area (Å²) in [5, 5.41) is 14.7. The molecule has 3 aliphatic rings. The van der Waals surface area contributed by atoms with Gasteiger partial charge in [-0.1, -0.05) is 12.2 Å². The molecule has 3 aliphatic heterocycles. The van der Waals surface area contributed by atoms with Gasteiger partial charge in [-0.3, -0.25) is 14.4 Å². The van der Waals surface area contributed by atoms with E-state index in [2.05, 4.69) is 15.2 Å². The van der Waals surface area contributed by atoms with Crippen molar-refractivity contribution < 1.29 is 24.1 Å². The minimum atomic E-state index is -0.659. The summed E-state index contributed by atoms with van der Waals surface area (Å²) in [5.41, 5.74) is 0.835. The molecule has 2 N–H and O–H groups in total. The number of nitrogens with zero attached hydrogens (tertiary/aromatic N) is 5. The Morgan fingerprint density at radius 2 is 2.14 bits per heavy atom. The number of hydrogen-bond donors (Lipinski definition) is 2. The Hall–Kier alpha value is -3.41. The first-order valence-corrected chi connectivity index (χ1v) is 11.8. The van der Waals surface area contributed by atoms with Gasteiger partial charge >= 0.3 is 6.03 Å². The smallest absolute Gasteiger partial charge is 0.351 e. The van der Waals surface area contributed by atoms with Crippen LogP contribution in [0.3, 0.4) is 0 Å². The van der Waals surface area contributed by atoms with E-state index < -0.39 is 12.1 Å². The monoisotopic (exact) mass is 482 g/mol. The third-order valence-corrected chi connectivity index (χ3v) is 6.17. The van der Waals surface area contributed by atoms with Crippen LogP contribution in [-0.2, 0) is 11.3 Å². The maximum atomic E-state index is 12.8. The Bertz CT molecular complexity index is 1220. The number of hydrogen-bond acceptors (Lipinski definition) is 8. The van der Waals surface area contributed by atoms with Crippen LogP contribution in [-0.4, -0.2) is 96.2 Å². The number of fused-ring (bicyclic) bond motifs is 3. The standard InChI is InChI=1S/C24H30N6O5/c1-33-21-19(35-16-17(31)15-28-11-13-34-14-12-28)6-5-18-20(21)26-23(30-10-7-25-22(18)30)27-24(32)29-8-3-2-4-9-29/h2-6,8,17,25,31H,7,9-16H2,1H3/t17-/m1/s1. The van der Waals surface area contributed by atoms with Gasteiger partial charge in [-0.05, 0) is 18.2 Å². The number of benzene rings is 1. The number of carbonyl (C=O) groups is 1. The second-order valence-corrected chi connectivity index (χ2v) is 8.53. The number of carbonyl (C=O) groups excluding carboxylic acids is 1. The summed E-state index contributed by atoms with van der Waals surface area (Å²) in [6.07, 6.45) is 6.61. The van der Waals surface area contributed by atoms with E-state index in [4.69, 9.17) is 19.2 Å². The van der Waals surface area contributed by atoms with E-state index >= 15 is 0 Å². The summed E-state index contributed by atoms with van der Waals surface area (Å²) in [6.45, 7) is 5.38. The van der Waals surface area contributed by atoms with Gasteiger partial charge in [-0.15, -0.1) is 0 Å². The molecule has 0 spiro atoms. The number of rotatable bonds is 6. The Morgan fingerprint density at radius 1 is 1.29 bits per heavy atom. The van der Waals surface area contributed by atoms with E-state index in [9.17, 15) is 9.90 Å². The number of nitrogens with one attached hydrogen (secondary N) is 1. The van der Waals surface area contributed by atoms with E-state index in [0.29, 0.717) is 62.0 Å². The van der Waals surface area contributed by atoms with Crippen molar-refractivity contribution in [2.45, 2.75) is 12.6 Å². The van der Waals surface area contributed by atoms with Crippen molar-refractivity contribution in [3.63, 3.8) is 0 Å². The number of aliphatic hydroxyl groups is 1. The zero-order chi connectivity index (χ0) is 24.2. The number of anilines is 1. The molecule has 2 aromatic rings. The van der Waals surface area contributed by atoms with Crippen LogP contribution in [0.15, 0.2) is 41.6 Å². The molecule has 1 fully saturated rings. The SMILES string of the molecule is COc1c(OC[C@H](O)CN2CCOCC2)ccc2c3n(c(=NC(=O)N4C=CC=CC4)nc12)CCN3. The number of allylic oxidation sites excluding steroid dienone is 2. The van der Waals surface area contributed by atoms with Crippen LogP contribution >= 0.6 is 0 Å². The number of aliphatic hydroxyl groups excluding tert-OH is 1. The highest BCUT2D eigenvalue weighted by atomic mass is 16.5. The van der Waals surface area contributed by atoms with Gasteiger partial charge in [0.25, 0.3) is 0 Å². The predicted molar refractivity (Wildman–Crippen MR) is 129 cm³/mol. The normalized spacial score (nSPS) is 19.0. The highest BCUT2D eigenvalue weighted by Gasteiger charge is 2.22. The van der Waals surface area contributed by atoms with Crippen molar-refractivity contribution in [3.05, 3.63) is 42.2 Å². The predicted octanol–water partition coefficient (Wildman–Crippen LogP) is 0.949. The third-order valence-electron chi connectivity index (χ3n) is 6.17. The lowest BCUT2D eigenvalue weighted by atomic mass is 10.2. The lowest BCUT2D eigenvalue weighted by Gasteiger charge is -2.28. The van der Waals surface area contributed by atoms with Crippen molar-refractivity contribution in [2.24, 2.45) is 4.99 Å². The quantitative estimate of drug-likeness (QED) is 0.626. The number of ether oxygens (including phenoxy) is 3. The molecule has 5 rings (SSSR count). The second-order valence-electron chi connectivity index (χ2n) is 8.53. The Morgan fingerprint density at radius 3 is 2.91 bits per heavy atom. The average Bonchev–Trinajstić information content (AvgIpc) is 3.39. The molecule has 11 heteroatoms. The molecule has 186 valence electrons. The van der Waals surface area contributed by atoms with Gasteiger partial charge in [0, 0.05) is 50.9 Å². The van der Waals surface area contributed by atoms with Crippen molar-refractivity contribution in [1.82, 2.24) is 19.4 Å². The van der Waals surface area contributed by atoms with E-state index in [1.807, 2.05) is 28.9 Å². The third kappa shape index (κ3) is 5.02. The summed E-state index contributed by atoms with van der Waals surface area (Å²) in [4.78, 5) is 25.5. The Kier molecular flexibility index (Phi) is 6.98. The molecule has 0 saturated carbocycles. The fourth-order valence-electron chi connectivity index (χ4n) is 4.42. The van der Waals surface area contributed by atoms with Crippen molar-refractivity contribution in [2.75, 3.05) is 65.0 Å². The number of methoxy groups -OCH3 is 1. The number of urea groups is 1. The Labute approximate surface area is 202 Å². The van der Waals surface area contributed by atoms with Crippen LogP contribution in [0.4, 0.5) is 10.6 Å². The summed E-state index contributed by atoms with van der Waals surface area (Å²) >= 11 is 0. The molecule has 1 aromatic carbocycles. The highest BCUT2D eigenvalue weighted by molar-refractivity contribution is 5.95. The molecule has 4 heterocycles. The van der Waals surface area contributed by atoms with E-state index in [1.165, 1.54) is 4.90 Å². The number of morpholine rings is 1. The molecule has 0 radical (unpaired) electrons. The molecule has 0 unspecified atom stereocenters. The van der Waals surface area contributed by atoms with Gasteiger partial charge in [-0.25, -0.2) is 9.78 Å². The van der Waals surface area contributed by atoms with E-state index in [0.717, 1.165) is 24.3 Å². The number of amides is 2. The maximum Gasteiger partial charge on any atom is 0.351 e. The van der Waals surface area contributed by atoms with E-state index in [1.54, 1.807) is 19.4 Å². The fourth-order valence-corrected chi connectivity index (χ4v) is 4.42. The zero-order valence-electron chi connectivity index (χ0n) is 19.7. The molecule has 2 amide bonds. The van der Waals surface area contributed by atoms with Crippen LogP contribution in [0, 0.1) is 0 Å². The molecule has 0 aliphatic carbocycles. The minimum Gasteiger partial charge on any atom is -0.491 e. The first-order chi connectivity index (χ1) is 17.1. The highest BCUT2D eigenvalue weighted by Crippen LogP contribution is 2.37. The number of β-amino-alcohol motifs (C(OH)–C–C–N with tert-alkyl or cyclic N) is 1. The molecular weight excluding hydrogens is 452 g/mol. The van der Waals surface area contributed by atoms with Crippen LogP contribution in [0.2, 0.25) is 0 Å². The van der Waals surface area contributed by atoms with Gasteiger partial charge in [0.1, 0.15) is 24.0 Å². The molecular formula is C24H30N6O5. The zero-order valence-corrected chi connectivity index (χ0v) is 19.7. The van der Waals surface area contributed by atoms with Crippen molar-refractivity contribution in [3.8, 4) is 11.5 Å². The largest absolute Gasteiger partial charge is 0.491 e. The van der Waals surface area contributed by atoms with Gasteiger partial charge in [0.05, 0.1) is 20.3 Å². The van der Waals surface area contributed by atoms with Crippen LogP contribution in [0.5, 0.6) is 11.5 Å². The van der Waals surface area contributed by atoms with Gasteiger partial charge in [-0.2, -0.15) is 4.99 Å². The first kappa shape index (κ1) is 23.3. The minimum absolute atomic E-state index is 0.113. The average molecular weight is 483 g/mol. The number of aromatic nitrogens is 2. The molecule has 0 bridgehead atoms. The van der Waals surface area contributed by atoms with Crippen molar-refractivity contribution >= 4 is 22.8 Å². The molecule has 1 aromatic heterocycles. The van der Waals surface area contributed by atoms with Gasteiger partial charge in [0.2, 0.25) is 5.62 Å². The van der Waals surface area contributed by atoms with Gasteiger partial charge in [0.15, 0.2) is 11.5 Å². The van der Waals surface area contributed by atoms with Crippen LogP contribution < -0.4 is 20.4 Å². The first-order valence-electron chi connectivity index (χ1n) is 11.8. The lowest BCUT2D eigenvalue weighted by Crippen LogP contribution is -2.42.